The molecule has 1 saturated heterocycles. The van der Waals surface area contributed by atoms with Gasteiger partial charge in [-0.1, -0.05) is 6.92 Å². The van der Waals surface area contributed by atoms with Crippen LogP contribution in [0, 0.1) is 0 Å². The zero-order valence-corrected chi connectivity index (χ0v) is 8.99. The van der Waals surface area contributed by atoms with Gasteiger partial charge in [0.1, 0.15) is 18.3 Å². The van der Waals surface area contributed by atoms with Gasteiger partial charge in [-0.25, -0.2) is 14.4 Å². The van der Waals surface area contributed by atoms with Gasteiger partial charge in [0.15, 0.2) is 0 Å². The van der Waals surface area contributed by atoms with Crippen LogP contribution < -0.4 is 4.90 Å². The van der Waals surface area contributed by atoms with Crippen LogP contribution in [0.15, 0.2) is 12.4 Å². The van der Waals surface area contributed by atoms with Gasteiger partial charge in [0.2, 0.25) is 0 Å². The average Bonchev–Trinajstić information content (AvgIpc) is 2.30. The van der Waals surface area contributed by atoms with E-state index in [9.17, 15) is 4.39 Å². The van der Waals surface area contributed by atoms with Gasteiger partial charge in [0.05, 0.1) is 0 Å². The van der Waals surface area contributed by atoms with E-state index < -0.39 is 6.17 Å². The number of alkyl halides is 1. The fraction of sp³-hybridized carbons (Fsp3) is 0.636. The van der Waals surface area contributed by atoms with Crippen molar-refractivity contribution in [1.82, 2.24) is 9.97 Å². The van der Waals surface area contributed by atoms with Gasteiger partial charge in [0, 0.05) is 24.8 Å². The molecular weight excluding hydrogens is 193 g/mol. The molecule has 0 unspecified atom stereocenters. The number of rotatable bonds is 2. The van der Waals surface area contributed by atoms with E-state index in [0.717, 1.165) is 31.0 Å². The standard InChI is InChI=1S/C11H16FN3/c1-2-10-7-11(14-8-13-10)15-5-3-9(12)4-6-15/h7-9H,2-6H2,1H3. The summed E-state index contributed by atoms with van der Waals surface area (Å²) >= 11 is 0. The second kappa shape index (κ2) is 4.55. The van der Waals surface area contributed by atoms with Crippen molar-refractivity contribution in [1.29, 1.82) is 0 Å². The summed E-state index contributed by atoms with van der Waals surface area (Å²) in [6.45, 7) is 3.60. The SMILES string of the molecule is CCc1cc(N2CCC(F)CC2)ncn1. The van der Waals surface area contributed by atoms with Crippen LogP contribution in [0.5, 0.6) is 0 Å². The Bertz CT molecular complexity index is 321. The molecule has 0 aliphatic carbocycles. The lowest BCUT2D eigenvalue weighted by atomic mass is 10.1. The lowest BCUT2D eigenvalue weighted by Gasteiger charge is -2.29. The molecule has 0 saturated carbocycles. The summed E-state index contributed by atoms with van der Waals surface area (Å²) in [4.78, 5) is 10.5. The van der Waals surface area contributed by atoms with Crippen molar-refractivity contribution in [2.45, 2.75) is 32.4 Å². The fourth-order valence-electron chi connectivity index (χ4n) is 1.83. The van der Waals surface area contributed by atoms with Crippen molar-refractivity contribution in [2.75, 3.05) is 18.0 Å². The highest BCUT2D eigenvalue weighted by molar-refractivity contribution is 5.39. The highest BCUT2D eigenvalue weighted by atomic mass is 19.1. The number of piperidine rings is 1. The maximum Gasteiger partial charge on any atom is 0.132 e. The summed E-state index contributed by atoms with van der Waals surface area (Å²) in [5.74, 6) is 0.939. The molecule has 82 valence electrons. The smallest absolute Gasteiger partial charge is 0.132 e. The molecule has 1 aromatic rings. The molecule has 15 heavy (non-hydrogen) atoms. The van der Waals surface area contributed by atoms with E-state index in [1.165, 1.54) is 0 Å². The predicted octanol–water partition coefficient (Wildman–Crippen LogP) is 1.98. The normalized spacial score (nSPS) is 18.1. The van der Waals surface area contributed by atoms with Gasteiger partial charge in [-0.15, -0.1) is 0 Å². The first kappa shape index (κ1) is 10.3. The Kier molecular flexibility index (Phi) is 3.14. The summed E-state index contributed by atoms with van der Waals surface area (Å²) in [7, 11) is 0. The van der Waals surface area contributed by atoms with Crippen molar-refractivity contribution in [2.24, 2.45) is 0 Å². The number of hydrogen-bond donors (Lipinski definition) is 0. The molecule has 1 aliphatic heterocycles. The second-order valence-electron chi connectivity index (χ2n) is 3.88. The van der Waals surface area contributed by atoms with Crippen molar-refractivity contribution in [3.05, 3.63) is 18.1 Å². The van der Waals surface area contributed by atoms with Crippen molar-refractivity contribution in [3.63, 3.8) is 0 Å². The summed E-state index contributed by atoms with van der Waals surface area (Å²) in [6, 6.07) is 2.00. The molecule has 0 spiro atoms. The van der Waals surface area contributed by atoms with Crippen LogP contribution in [-0.2, 0) is 6.42 Å². The number of anilines is 1. The number of halogens is 1. The molecule has 0 aromatic carbocycles. The van der Waals surface area contributed by atoms with E-state index in [4.69, 9.17) is 0 Å². The number of aryl methyl sites for hydroxylation is 1. The van der Waals surface area contributed by atoms with Gasteiger partial charge >= 0.3 is 0 Å². The van der Waals surface area contributed by atoms with Crippen LogP contribution in [0.25, 0.3) is 0 Å². The van der Waals surface area contributed by atoms with Crippen molar-refractivity contribution in [3.8, 4) is 0 Å². The van der Waals surface area contributed by atoms with Crippen LogP contribution >= 0.6 is 0 Å². The molecule has 1 aromatic heterocycles. The van der Waals surface area contributed by atoms with E-state index in [0.29, 0.717) is 12.8 Å². The average molecular weight is 209 g/mol. The van der Waals surface area contributed by atoms with Crippen LogP contribution in [0.1, 0.15) is 25.5 Å². The molecular formula is C11H16FN3. The van der Waals surface area contributed by atoms with Crippen LogP contribution in [0.3, 0.4) is 0 Å². The van der Waals surface area contributed by atoms with Crippen LogP contribution in [0.2, 0.25) is 0 Å². The topological polar surface area (TPSA) is 29.0 Å². The molecule has 0 amide bonds. The maximum absolute atomic E-state index is 13.0. The van der Waals surface area contributed by atoms with Crippen molar-refractivity contribution < 1.29 is 4.39 Å². The quantitative estimate of drug-likeness (QED) is 0.745. The van der Waals surface area contributed by atoms with Crippen LogP contribution in [0.4, 0.5) is 10.2 Å². The third kappa shape index (κ3) is 2.43. The Hall–Kier alpha value is -1.19. The monoisotopic (exact) mass is 209 g/mol. The largest absolute Gasteiger partial charge is 0.356 e. The van der Waals surface area contributed by atoms with E-state index in [-0.39, 0.29) is 0 Å². The minimum absolute atomic E-state index is 0.617. The Labute approximate surface area is 89.3 Å². The lowest BCUT2D eigenvalue weighted by molar-refractivity contribution is 0.276. The zero-order valence-electron chi connectivity index (χ0n) is 8.99. The van der Waals surface area contributed by atoms with E-state index in [1.807, 2.05) is 6.07 Å². The molecule has 0 radical (unpaired) electrons. The first-order valence-corrected chi connectivity index (χ1v) is 5.49. The van der Waals surface area contributed by atoms with E-state index >= 15 is 0 Å². The second-order valence-corrected chi connectivity index (χ2v) is 3.88. The Morgan fingerprint density at radius 2 is 2.13 bits per heavy atom. The number of hydrogen-bond acceptors (Lipinski definition) is 3. The number of nitrogens with zero attached hydrogens (tertiary/aromatic N) is 3. The molecule has 4 heteroatoms. The highest BCUT2D eigenvalue weighted by Crippen LogP contribution is 2.19. The van der Waals surface area contributed by atoms with E-state index in [1.54, 1.807) is 6.33 Å². The Morgan fingerprint density at radius 3 is 2.80 bits per heavy atom. The third-order valence-corrected chi connectivity index (χ3v) is 2.82. The molecule has 1 fully saturated rings. The summed E-state index contributed by atoms with van der Waals surface area (Å²) in [5.41, 5.74) is 1.04. The Balaban J connectivity index is 2.08. The summed E-state index contributed by atoms with van der Waals surface area (Å²) < 4.78 is 13.0. The Morgan fingerprint density at radius 1 is 1.40 bits per heavy atom. The summed E-state index contributed by atoms with van der Waals surface area (Å²) in [5, 5.41) is 0. The van der Waals surface area contributed by atoms with Gasteiger partial charge < -0.3 is 4.90 Å². The van der Waals surface area contributed by atoms with Gasteiger partial charge in [0.25, 0.3) is 0 Å². The van der Waals surface area contributed by atoms with Crippen molar-refractivity contribution >= 4 is 5.82 Å². The first-order chi connectivity index (χ1) is 7.29. The van der Waals surface area contributed by atoms with Gasteiger partial charge in [-0.2, -0.15) is 0 Å². The molecule has 3 nitrogen and oxygen atoms in total. The highest BCUT2D eigenvalue weighted by Gasteiger charge is 2.19. The van der Waals surface area contributed by atoms with E-state index in [2.05, 4.69) is 21.8 Å². The zero-order chi connectivity index (χ0) is 10.7. The minimum atomic E-state index is -0.631. The lowest BCUT2D eigenvalue weighted by Crippen LogP contribution is -2.34. The fourth-order valence-corrected chi connectivity index (χ4v) is 1.83. The minimum Gasteiger partial charge on any atom is -0.356 e. The summed E-state index contributed by atoms with van der Waals surface area (Å²) in [6.07, 6.45) is 3.11. The molecule has 2 heterocycles. The third-order valence-electron chi connectivity index (χ3n) is 2.82. The predicted molar refractivity (Wildman–Crippen MR) is 57.8 cm³/mol. The first-order valence-electron chi connectivity index (χ1n) is 5.49. The molecule has 0 N–H and O–H groups in total. The number of aromatic nitrogens is 2. The molecule has 0 bridgehead atoms. The van der Waals surface area contributed by atoms with Crippen LogP contribution in [-0.4, -0.2) is 29.2 Å². The molecule has 2 rings (SSSR count). The molecule has 0 atom stereocenters. The van der Waals surface area contributed by atoms with Gasteiger partial charge in [-0.05, 0) is 19.3 Å². The maximum atomic E-state index is 13.0. The van der Waals surface area contributed by atoms with Gasteiger partial charge in [-0.3, -0.25) is 0 Å². The molecule has 1 aliphatic rings.